The Morgan fingerprint density at radius 2 is 1.89 bits per heavy atom. The zero-order valence-corrected chi connectivity index (χ0v) is 12.4. The fraction of sp³-hybridized carbons (Fsp3) is 0.562. The third-order valence-electron chi connectivity index (χ3n) is 2.70. The second-order valence-corrected chi connectivity index (χ2v) is 5.80. The number of hydrogen-bond donors (Lipinski definition) is 1. The maximum atomic E-state index is 11.7. The molecule has 1 atom stereocenters. The van der Waals surface area contributed by atoms with E-state index in [1.54, 1.807) is 0 Å². The fourth-order valence-electron chi connectivity index (χ4n) is 1.73. The molecule has 0 saturated heterocycles. The molecule has 19 heavy (non-hydrogen) atoms. The topological polar surface area (TPSA) is 38.3 Å². The lowest BCUT2D eigenvalue weighted by molar-refractivity contribution is -0.156. The Morgan fingerprint density at radius 1 is 1.26 bits per heavy atom. The summed E-state index contributed by atoms with van der Waals surface area (Å²) in [6.45, 7) is 8.30. The zero-order valence-electron chi connectivity index (χ0n) is 12.4. The molecule has 0 heterocycles. The minimum atomic E-state index is -0.420. The quantitative estimate of drug-likeness (QED) is 0.633. The van der Waals surface area contributed by atoms with Gasteiger partial charge in [0.1, 0.15) is 11.6 Å². The summed E-state index contributed by atoms with van der Waals surface area (Å²) in [5.74, 6) is -0.188. The number of nitrogens with one attached hydrogen (secondary N) is 1. The van der Waals surface area contributed by atoms with E-state index < -0.39 is 5.60 Å². The predicted octanol–water partition coefficient (Wildman–Crippen LogP) is 2.94. The lowest BCUT2D eigenvalue weighted by atomic mass is 10.1. The van der Waals surface area contributed by atoms with Gasteiger partial charge in [-0.3, -0.25) is 4.79 Å². The minimum Gasteiger partial charge on any atom is -0.459 e. The number of ether oxygens (including phenoxy) is 1. The van der Waals surface area contributed by atoms with Crippen LogP contribution in [0.2, 0.25) is 0 Å². The summed E-state index contributed by atoms with van der Waals surface area (Å²) in [6.07, 6.45) is 2.03. The second-order valence-electron chi connectivity index (χ2n) is 5.80. The summed E-state index contributed by atoms with van der Waals surface area (Å²) in [4.78, 5) is 11.7. The van der Waals surface area contributed by atoms with E-state index in [1.807, 2.05) is 45.9 Å². The highest BCUT2D eigenvalue weighted by Gasteiger charge is 2.20. The van der Waals surface area contributed by atoms with Gasteiger partial charge >= 0.3 is 5.97 Å². The molecular weight excluding hydrogens is 238 g/mol. The Bertz CT molecular complexity index is 381. The van der Waals surface area contributed by atoms with Gasteiger partial charge in [0.2, 0.25) is 0 Å². The molecule has 0 bridgehead atoms. The summed E-state index contributed by atoms with van der Waals surface area (Å²) in [5.41, 5.74) is 0.908. The number of aryl methyl sites for hydroxylation is 1. The van der Waals surface area contributed by atoms with Gasteiger partial charge in [0.15, 0.2) is 0 Å². The van der Waals surface area contributed by atoms with Crippen LogP contribution in [0.25, 0.3) is 0 Å². The van der Waals surface area contributed by atoms with Crippen LogP contribution in [0.15, 0.2) is 30.3 Å². The fourth-order valence-corrected chi connectivity index (χ4v) is 1.73. The number of esters is 1. The molecule has 3 nitrogen and oxygen atoms in total. The number of rotatable bonds is 6. The van der Waals surface area contributed by atoms with Crippen molar-refractivity contribution < 1.29 is 9.53 Å². The van der Waals surface area contributed by atoms with E-state index in [2.05, 4.69) is 17.4 Å². The molecule has 0 fully saturated rings. The van der Waals surface area contributed by atoms with Crippen molar-refractivity contribution in [3.8, 4) is 0 Å². The molecule has 1 aromatic rings. The zero-order chi connectivity index (χ0) is 14.3. The normalized spacial score (nSPS) is 13.1. The van der Waals surface area contributed by atoms with E-state index in [9.17, 15) is 4.79 Å². The number of benzene rings is 1. The standard InChI is InChI=1S/C16H25NO2/c1-13(15(18)19-16(2,3)4)17-12-8-11-14-9-6-5-7-10-14/h5-7,9-10,13,17H,8,11-12H2,1-4H3. The van der Waals surface area contributed by atoms with Gasteiger partial charge in [-0.15, -0.1) is 0 Å². The summed E-state index contributed by atoms with van der Waals surface area (Å²) >= 11 is 0. The molecule has 0 spiro atoms. The largest absolute Gasteiger partial charge is 0.459 e. The van der Waals surface area contributed by atoms with Crippen molar-refractivity contribution in [3.63, 3.8) is 0 Å². The highest BCUT2D eigenvalue weighted by Crippen LogP contribution is 2.08. The molecule has 0 aliphatic heterocycles. The first-order valence-electron chi connectivity index (χ1n) is 6.88. The van der Waals surface area contributed by atoms with Gasteiger partial charge in [0.25, 0.3) is 0 Å². The highest BCUT2D eigenvalue weighted by molar-refractivity contribution is 5.75. The molecule has 0 aliphatic carbocycles. The first-order valence-corrected chi connectivity index (χ1v) is 6.88. The Labute approximate surface area is 116 Å². The molecular formula is C16H25NO2. The molecule has 0 saturated carbocycles. The molecule has 3 heteroatoms. The van der Waals surface area contributed by atoms with Crippen molar-refractivity contribution in [2.75, 3.05) is 6.54 Å². The Balaban J connectivity index is 2.20. The summed E-state index contributed by atoms with van der Waals surface area (Å²) in [6, 6.07) is 10.1. The minimum absolute atomic E-state index is 0.188. The average Bonchev–Trinajstić information content (AvgIpc) is 2.33. The maximum absolute atomic E-state index is 11.7. The van der Waals surface area contributed by atoms with Crippen LogP contribution in [0, 0.1) is 0 Å². The van der Waals surface area contributed by atoms with Crippen molar-refractivity contribution in [2.24, 2.45) is 0 Å². The molecule has 0 aliphatic rings. The van der Waals surface area contributed by atoms with Crippen LogP contribution in [-0.4, -0.2) is 24.2 Å². The molecule has 1 rings (SSSR count). The van der Waals surface area contributed by atoms with Crippen LogP contribution in [0.1, 0.15) is 39.7 Å². The second kappa shape index (κ2) is 7.29. The maximum Gasteiger partial charge on any atom is 0.323 e. The molecule has 106 valence electrons. The van der Waals surface area contributed by atoms with Crippen LogP contribution < -0.4 is 5.32 Å². The van der Waals surface area contributed by atoms with Gasteiger partial charge in [-0.1, -0.05) is 30.3 Å². The average molecular weight is 263 g/mol. The van der Waals surface area contributed by atoms with Crippen LogP contribution >= 0.6 is 0 Å². The van der Waals surface area contributed by atoms with Crippen molar-refractivity contribution in [2.45, 2.75) is 52.2 Å². The Kier molecular flexibility index (Phi) is 6.03. The van der Waals surface area contributed by atoms with E-state index in [0.717, 1.165) is 19.4 Å². The monoisotopic (exact) mass is 263 g/mol. The summed E-state index contributed by atoms with van der Waals surface area (Å²) < 4.78 is 5.31. The van der Waals surface area contributed by atoms with E-state index in [0.29, 0.717) is 0 Å². The van der Waals surface area contributed by atoms with Crippen LogP contribution in [0.4, 0.5) is 0 Å². The lowest BCUT2D eigenvalue weighted by Crippen LogP contribution is -2.39. The number of carbonyl (C=O) groups is 1. The molecule has 0 radical (unpaired) electrons. The molecule has 0 amide bonds. The summed E-state index contributed by atoms with van der Waals surface area (Å²) in [5, 5.41) is 3.20. The molecule has 1 aromatic carbocycles. The number of hydrogen-bond acceptors (Lipinski definition) is 3. The molecule has 0 aromatic heterocycles. The van der Waals surface area contributed by atoms with E-state index in [-0.39, 0.29) is 12.0 Å². The van der Waals surface area contributed by atoms with Crippen LogP contribution in [0.5, 0.6) is 0 Å². The van der Waals surface area contributed by atoms with Gasteiger partial charge < -0.3 is 10.1 Å². The van der Waals surface area contributed by atoms with Crippen molar-refractivity contribution in [1.29, 1.82) is 0 Å². The first-order chi connectivity index (χ1) is 8.88. The third kappa shape index (κ3) is 6.97. The lowest BCUT2D eigenvalue weighted by Gasteiger charge is -2.22. The Hall–Kier alpha value is -1.35. The van der Waals surface area contributed by atoms with E-state index in [4.69, 9.17) is 4.74 Å². The van der Waals surface area contributed by atoms with E-state index in [1.165, 1.54) is 5.56 Å². The highest BCUT2D eigenvalue weighted by atomic mass is 16.6. The SMILES string of the molecule is CC(NCCCc1ccccc1)C(=O)OC(C)(C)C. The van der Waals surface area contributed by atoms with Gasteiger partial charge in [-0.05, 0) is 52.6 Å². The van der Waals surface area contributed by atoms with Crippen LogP contribution in [0.3, 0.4) is 0 Å². The molecule has 1 unspecified atom stereocenters. The van der Waals surface area contributed by atoms with E-state index >= 15 is 0 Å². The van der Waals surface area contributed by atoms with Gasteiger partial charge in [0, 0.05) is 0 Å². The van der Waals surface area contributed by atoms with Gasteiger partial charge in [0.05, 0.1) is 0 Å². The predicted molar refractivity (Wildman–Crippen MR) is 78.1 cm³/mol. The van der Waals surface area contributed by atoms with Gasteiger partial charge in [-0.2, -0.15) is 0 Å². The smallest absolute Gasteiger partial charge is 0.323 e. The Morgan fingerprint density at radius 3 is 2.47 bits per heavy atom. The van der Waals surface area contributed by atoms with Gasteiger partial charge in [-0.25, -0.2) is 0 Å². The van der Waals surface area contributed by atoms with Crippen molar-refractivity contribution in [1.82, 2.24) is 5.32 Å². The summed E-state index contributed by atoms with van der Waals surface area (Å²) in [7, 11) is 0. The third-order valence-corrected chi connectivity index (χ3v) is 2.70. The first kappa shape index (κ1) is 15.7. The van der Waals surface area contributed by atoms with Crippen LogP contribution in [-0.2, 0) is 16.0 Å². The molecule has 1 N–H and O–H groups in total. The van der Waals surface area contributed by atoms with Crippen molar-refractivity contribution >= 4 is 5.97 Å². The van der Waals surface area contributed by atoms with Crippen molar-refractivity contribution in [3.05, 3.63) is 35.9 Å². The number of carbonyl (C=O) groups excluding carboxylic acids is 1.